The fourth-order valence-electron chi connectivity index (χ4n) is 1.87. The van der Waals surface area contributed by atoms with Gasteiger partial charge in [0.25, 0.3) is 0 Å². The van der Waals surface area contributed by atoms with Crippen molar-refractivity contribution in [1.82, 2.24) is 4.98 Å². The molecule has 18 heavy (non-hydrogen) atoms. The Kier molecular flexibility index (Phi) is 2.79. The molecule has 1 aromatic carbocycles. The van der Waals surface area contributed by atoms with Crippen LogP contribution in [-0.2, 0) is 0 Å². The van der Waals surface area contributed by atoms with E-state index in [0.717, 1.165) is 6.20 Å². The molecule has 2 rings (SSSR count). The van der Waals surface area contributed by atoms with Crippen LogP contribution < -0.4 is 0 Å². The van der Waals surface area contributed by atoms with Crippen LogP contribution in [0, 0.1) is 0 Å². The van der Waals surface area contributed by atoms with Gasteiger partial charge in [0.1, 0.15) is 0 Å². The number of aromatic amines is 1. The van der Waals surface area contributed by atoms with Crippen LogP contribution in [0.25, 0.3) is 10.9 Å². The van der Waals surface area contributed by atoms with Crippen LogP contribution >= 0.6 is 0 Å². The summed E-state index contributed by atoms with van der Waals surface area (Å²) in [6.07, 6.45) is -9.98. The first kappa shape index (κ1) is 12.8. The molecule has 0 saturated carbocycles. The van der Waals surface area contributed by atoms with Crippen LogP contribution in [0.5, 0.6) is 0 Å². The minimum absolute atomic E-state index is 0.0721. The Morgan fingerprint density at radius 1 is 0.889 bits per heavy atom. The van der Waals surface area contributed by atoms with Gasteiger partial charge in [0.05, 0.1) is 0 Å². The minimum atomic E-state index is -5.37. The maximum Gasteiger partial charge on any atom is 0.404 e. The van der Waals surface area contributed by atoms with E-state index in [1.54, 1.807) is 0 Å². The van der Waals surface area contributed by atoms with Crippen LogP contribution in [-0.4, -0.2) is 17.3 Å². The molecule has 98 valence electrons. The average Bonchev–Trinajstić information content (AvgIpc) is 2.58. The summed E-state index contributed by atoms with van der Waals surface area (Å²) in [6.45, 7) is 0. The van der Waals surface area contributed by atoms with Crippen molar-refractivity contribution in [3.63, 3.8) is 0 Å². The molecule has 0 aliphatic rings. The molecule has 0 atom stereocenters. The fraction of sp³-hybridized carbons (Fsp3) is 0.273. The number of H-pyrrole nitrogens is 1. The maximum absolute atomic E-state index is 12.6. The molecule has 0 fully saturated rings. The van der Waals surface area contributed by atoms with Crippen LogP contribution in [0.1, 0.15) is 11.5 Å². The summed E-state index contributed by atoms with van der Waals surface area (Å²) in [4.78, 5) is 2.41. The molecule has 1 N–H and O–H groups in total. The number of nitrogens with one attached hydrogen (secondary N) is 1. The molecule has 1 heterocycles. The first-order valence-electron chi connectivity index (χ1n) is 4.90. The van der Waals surface area contributed by atoms with Crippen molar-refractivity contribution in [1.29, 1.82) is 0 Å². The van der Waals surface area contributed by atoms with Crippen molar-refractivity contribution in [3.8, 4) is 0 Å². The van der Waals surface area contributed by atoms with E-state index in [1.165, 1.54) is 24.3 Å². The number of rotatable bonds is 1. The van der Waals surface area contributed by atoms with Gasteiger partial charge in [-0.15, -0.1) is 0 Å². The van der Waals surface area contributed by atoms with Gasteiger partial charge in [-0.1, -0.05) is 18.2 Å². The number of benzene rings is 1. The van der Waals surface area contributed by atoms with E-state index in [9.17, 15) is 26.3 Å². The minimum Gasteiger partial charge on any atom is -0.361 e. The van der Waals surface area contributed by atoms with E-state index < -0.39 is 23.8 Å². The Morgan fingerprint density at radius 3 is 2.00 bits per heavy atom. The summed E-state index contributed by atoms with van der Waals surface area (Å²) in [7, 11) is 0. The van der Waals surface area contributed by atoms with Gasteiger partial charge < -0.3 is 4.98 Å². The third-order valence-electron chi connectivity index (χ3n) is 2.59. The Labute approximate surface area is 97.4 Å². The van der Waals surface area contributed by atoms with Crippen molar-refractivity contribution < 1.29 is 26.3 Å². The predicted octanol–water partition coefficient (Wildman–Crippen LogP) is 4.38. The third-order valence-corrected chi connectivity index (χ3v) is 2.59. The summed E-state index contributed by atoms with van der Waals surface area (Å²) in [5.41, 5.74) is -0.559. The van der Waals surface area contributed by atoms with E-state index in [4.69, 9.17) is 0 Å². The lowest BCUT2D eigenvalue weighted by Crippen LogP contribution is -2.33. The van der Waals surface area contributed by atoms with Gasteiger partial charge in [-0.25, -0.2) is 0 Å². The Bertz CT molecular complexity index is 536. The van der Waals surface area contributed by atoms with Crippen LogP contribution in [0.2, 0.25) is 0 Å². The molecule has 0 amide bonds. The fourth-order valence-corrected chi connectivity index (χ4v) is 1.87. The zero-order valence-electron chi connectivity index (χ0n) is 8.73. The molecule has 0 unspecified atom stereocenters. The first-order valence-corrected chi connectivity index (χ1v) is 4.90. The monoisotopic (exact) mass is 267 g/mol. The topological polar surface area (TPSA) is 15.8 Å². The number of fused-ring (bicyclic) bond motifs is 1. The highest BCUT2D eigenvalue weighted by Gasteiger charge is 2.58. The van der Waals surface area contributed by atoms with E-state index >= 15 is 0 Å². The highest BCUT2D eigenvalue weighted by atomic mass is 19.4. The van der Waals surface area contributed by atoms with Gasteiger partial charge in [-0.2, -0.15) is 26.3 Å². The summed E-state index contributed by atoms with van der Waals surface area (Å²) in [5.74, 6) is -3.47. The van der Waals surface area contributed by atoms with Gasteiger partial charge in [-0.05, 0) is 11.6 Å². The summed E-state index contributed by atoms with van der Waals surface area (Å²) in [6, 6.07) is 5.57. The lowest BCUT2D eigenvalue weighted by Gasteiger charge is -2.22. The van der Waals surface area contributed by atoms with Crippen molar-refractivity contribution in [2.24, 2.45) is 0 Å². The molecule has 0 aliphatic carbocycles. The van der Waals surface area contributed by atoms with Crippen LogP contribution in [0.15, 0.2) is 30.5 Å². The van der Waals surface area contributed by atoms with Crippen molar-refractivity contribution in [3.05, 3.63) is 36.0 Å². The first-order chi connectivity index (χ1) is 8.21. The second kappa shape index (κ2) is 3.93. The number of alkyl halides is 6. The second-order valence-corrected chi connectivity index (χ2v) is 3.81. The lowest BCUT2D eigenvalue weighted by atomic mass is 9.97. The molecule has 0 radical (unpaired) electrons. The molecule has 2 aromatic rings. The van der Waals surface area contributed by atoms with E-state index in [1.807, 2.05) is 0 Å². The normalized spacial score (nSPS) is 13.5. The molecule has 0 aliphatic heterocycles. The van der Waals surface area contributed by atoms with Crippen molar-refractivity contribution in [2.45, 2.75) is 18.3 Å². The Balaban J connectivity index is 2.63. The van der Waals surface area contributed by atoms with Gasteiger partial charge in [0, 0.05) is 17.1 Å². The zero-order valence-corrected chi connectivity index (χ0v) is 8.73. The molecule has 7 heteroatoms. The molecule has 1 nitrogen and oxygen atoms in total. The Hall–Kier alpha value is -1.66. The average molecular weight is 267 g/mol. The molecular weight excluding hydrogens is 260 g/mol. The maximum atomic E-state index is 12.6. The van der Waals surface area contributed by atoms with Gasteiger partial charge in [-0.3, -0.25) is 0 Å². The third kappa shape index (κ3) is 2.16. The number of aromatic nitrogens is 1. The lowest BCUT2D eigenvalue weighted by molar-refractivity contribution is -0.253. The molecular formula is C11H7F6N. The van der Waals surface area contributed by atoms with Crippen molar-refractivity contribution >= 4 is 10.9 Å². The van der Waals surface area contributed by atoms with Gasteiger partial charge in [0.15, 0.2) is 5.92 Å². The van der Waals surface area contributed by atoms with Crippen LogP contribution in [0.4, 0.5) is 26.3 Å². The van der Waals surface area contributed by atoms with E-state index in [-0.39, 0.29) is 10.9 Å². The summed E-state index contributed by atoms with van der Waals surface area (Å²) < 4.78 is 75.4. The van der Waals surface area contributed by atoms with E-state index in [0.29, 0.717) is 0 Å². The van der Waals surface area contributed by atoms with Crippen LogP contribution in [0.3, 0.4) is 0 Å². The number of hydrogen-bond acceptors (Lipinski definition) is 0. The number of halogens is 6. The number of hydrogen-bond donors (Lipinski definition) is 1. The molecule has 0 bridgehead atoms. The summed E-state index contributed by atoms with van der Waals surface area (Å²) in [5, 5.41) is -0.0721. The van der Waals surface area contributed by atoms with Crippen molar-refractivity contribution in [2.75, 3.05) is 0 Å². The highest BCUT2D eigenvalue weighted by Crippen LogP contribution is 2.48. The van der Waals surface area contributed by atoms with Gasteiger partial charge >= 0.3 is 12.4 Å². The Morgan fingerprint density at radius 2 is 1.44 bits per heavy atom. The number of para-hydroxylation sites is 1. The van der Waals surface area contributed by atoms with Gasteiger partial charge in [0.2, 0.25) is 0 Å². The standard InChI is InChI=1S/C11H7F6N/c12-10(13,14)9(11(15,16)17)7-5-18-8-4-2-1-3-6(7)8/h1-5,9,18H. The van der Waals surface area contributed by atoms with E-state index in [2.05, 4.69) is 4.98 Å². The molecule has 1 aromatic heterocycles. The molecule has 0 spiro atoms. The predicted molar refractivity (Wildman–Crippen MR) is 53.1 cm³/mol. The zero-order chi connectivity index (χ0) is 13.6. The largest absolute Gasteiger partial charge is 0.404 e. The quantitative estimate of drug-likeness (QED) is 0.738. The SMILES string of the molecule is FC(F)(F)C(c1c[nH]c2ccccc12)C(F)(F)F. The summed E-state index contributed by atoms with van der Waals surface area (Å²) >= 11 is 0. The second-order valence-electron chi connectivity index (χ2n) is 3.81. The smallest absolute Gasteiger partial charge is 0.361 e. The highest BCUT2D eigenvalue weighted by molar-refractivity contribution is 5.83. The molecule has 0 saturated heterocycles.